The first-order valence-corrected chi connectivity index (χ1v) is 7.46. The lowest BCUT2D eigenvalue weighted by Gasteiger charge is -2.19. The predicted octanol–water partition coefficient (Wildman–Crippen LogP) is 3.97. The fraction of sp³-hybridized carbons (Fsp3) is 0.105. The van der Waals surface area contributed by atoms with Crippen molar-refractivity contribution in [1.29, 1.82) is 0 Å². The summed E-state index contributed by atoms with van der Waals surface area (Å²) in [7, 11) is 0. The number of nitrogens with zero attached hydrogens (tertiary/aromatic N) is 1. The number of rotatable bonds is 0. The van der Waals surface area contributed by atoms with Gasteiger partial charge in [-0.05, 0) is 24.1 Å². The standard InChI is InChI=1S/C19H13NO2/c21-19-18-15(14-7-3-4-8-17(14)22-19)11-16-13-6-2-1-5-12(13)9-10-20(16)18/h1-8,11H,9-10H2. The molecular formula is C19H13NO2. The number of aromatic nitrogens is 1. The summed E-state index contributed by atoms with van der Waals surface area (Å²) in [6.07, 6.45) is 0.944. The molecule has 106 valence electrons. The van der Waals surface area contributed by atoms with Gasteiger partial charge in [0.15, 0.2) is 0 Å². The van der Waals surface area contributed by atoms with E-state index < -0.39 is 0 Å². The van der Waals surface area contributed by atoms with Gasteiger partial charge in [-0.25, -0.2) is 4.79 Å². The average Bonchev–Trinajstić information content (AvgIpc) is 2.96. The Hall–Kier alpha value is -2.81. The zero-order valence-electron chi connectivity index (χ0n) is 11.9. The van der Waals surface area contributed by atoms with Crippen LogP contribution in [0.5, 0.6) is 0 Å². The third-order valence-corrected chi connectivity index (χ3v) is 4.57. The first-order chi connectivity index (χ1) is 10.8. The second kappa shape index (κ2) is 4.10. The van der Waals surface area contributed by atoms with Crippen molar-refractivity contribution in [3.8, 4) is 11.3 Å². The Balaban J connectivity index is 1.99. The van der Waals surface area contributed by atoms with Gasteiger partial charge in [0.2, 0.25) is 0 Å². The largest absolute Gasteiger partial charge is 0.421 e. The van der Waals surface area contributed by atoms with Crippen molar-refractivity contribution < 1.29 is 4.42 Å². The maximum atomic E-state index is 12.5. The number of para-hydroxylation sites is 1. The van der Waals surface area contributed by atoms with E-state index in [1.807, 2.05) is 30.3 Å². The van der Waals surface area contributed by atoms with Gasteiger partial charge in [-0.15, -0.1) is 0 Å². The van der Waals surface area contributed by atoms with Gasteiger partial charge in [0.25, 0.3) is 0 Å². The average molecular weight is 287 g/mol. The summed E-state index contributed by atoms with van der Waals surface area (Å²) in [5.74, 6) is 0. The molecule has 0 saturated heterocycles. The van der Waals surface area contributed by atoms with Crippen molar-refractivity contribution in [1.82, 2.24) is 4.57 Å². The van der Waals surface area contributed by atoms with Crippen molar-refractivity contribution in [2.24, 2.45) is 0 Å². The van der Waals surface area contributed by atoms with Crippen LogP contribution < -0.4 is 5.63 Å². The molecule has 3 heterocycles. The van der Waals surface area contributed by atoms with E-state index in [1.165, 1.54) is 11.1 Å². The molecule has 0 fully saturated rings. The van der Waals surface area contributed by atoms with Crippen LogP contribution >= 0.6 is 0 Å². The van der Waals surface area contributed by atoms with E-state index in [0.717, 1.165) is 29.4 Å². The summed E-state index contributed by atoms with van der Waals surface area (Å²) in [6, 6.07) is 18.3. The van der Waals surface area contributed by atoms with Gasteiger partial charge in [0, 0.05) is 28.6 Å². The van der Waals surface area contributed by atoms with Crippen molar-refractivity contribution >= 4 is 21.9 Å². The Labute approximate surface area is 126 Å². The highest BCUT2D eigenvalue weighted by Crippen LogP contribution is 2.35. The molecule has 0 atom stereocenters. The fourth-order valence-electron chi connectivity index (χ4n) is 3.58. The lowest BCUT2D eigenvalue weighted by Crippen LogP contribution is -2.14. The van der Waals surface area contributed by atoms with Crippen LogP contribution in [0.25, 0.3) is 33.1 Å². The molecule has 1 aliphatic heterocycles. The Bertz CT molecular complexity index is 1100. The molecule has 1 aliphatic rings. The molecule has 0 saturated carbocycles. The van der Waals surface area contributed by atoms with Crippen LogP contribution in [0.1, 0.15) is 5.56 Å². The van der Waals surface area contributed by atoms with Crippen LogP contribution in [0.15, 0.2) is 63.8 Å². The van der Waals surface area contributed by atoms with E-state index in [4.69, 9.17) is 4.42 Å². The van der Waals surface area contributed by atoms with Crippen molar-refractivity contribution in [3.05, 3.63) is 70.6 Å². The maximum absolute atomic E-state index is 12.5. The third-order valence-electron chi connectivity index (χ3n) is 4.57. The zero-order chi connectivity index (χ0) is 14.7. The Morgan fingerprint density at radius 1 is 0.955 bits per heavy atom. The highest BCUT2D eigenvalue weighted by Gasteiger charge is 2.21. The molecule has 0 N–H and O–H groups in total. The molecule has 0 bridgehead atoms. The lowest BCUT2D eigenvalue weighted by molar-refractivity contribution is 0.561. The first-order valence-electron chi connectivity index (χ1n) is 7.46. The Morgan fingerprint density at radius 3 is 2.73 bits per heavy atom. The van der Waals surface area contributed by atoms with Crippen LogP contribution in [-0.2, 0) is 13.0 Å². The Morgan fingerprint density at radius 2 is 1.77 bits per heavy atom. The van der Waals surface area contributed by atoms with E-state index >= 15 is 0 Å². The second-order valence-corrected chi connectivity index (χ2v) is 5.74. The molecule has 0 spiro atoms. The summed E-state index contributed by atoms with van der Waals surface area (Å²) < 4.78 is 7.62. The maximum Gasteiger partial charge on any atom is 0.361 e. The van der Waals surface area contributed by atoms with Crippen molar-refractivity contribution in [2.75, 3.05) is 0 Å². The Kier molecular flexibility index (Phi) is 2.20. The predicted molar refractivity (Wildman–Crippen MR) is 87.1 cm³/mol. The van der Waals surface area contributed by atoms with Crippen LogP contribution in [0.4, 0.5) is 0 Å². The summed E-state index contributed by atoms with van der Waals surface area (Å²) in [5, 5.41) is 1.98. The number of hydrogen-bond donors (Lipinski definition) is 0. The molecule has 0 unspecified atom stereocenters. The summed E-state index contributed by atoms with van der Waals surface area (Å²) >= 11 is 0. The lowest BCUT2D eigenvalue weighted by atomic mass is 9.99. The summed E-state index contributed by atoms with van der Waals surface area (Å²) in [4.78, 5) is 12.5. The summed E-state index contributed by atoms with van der Waals surface area (Å²) in [6.45, 7) is 0.818. The van der Waals surface area contributed by atoms with E-state index in [0.29, 0.717) is 11.1 Å². The molecule has 3 heteroatoms. The van der Waals surface area contributed by atoms with Gasteiger partial charge < -0.3 is 8.98 Å². The molecule has 2 aromatic heterocycles. The SMILES string of the molecule is O=c1oc2ccccc2c2cc3n(c12)CCc1ccccc1-3. The molecule has 3 nitrogen and oxygen atoms in total. The van der Waals surface area contributed by atoms with E-state index in [1.54, 1.807) is 0 Å². The monoisotopic (exact) mass is 287 g/mol. The second-order valence-electron chi connectivity index (χ2n) is 5.74. The van der Waals surface area contributed by atoms with Gasteiger partial charge in [-0.1, -0.05) is 42.5 Å². The minimum atomic E-state index is -0.251. The van der Waals surface area contributed by atoms with Crippen molar-refractivity contribution in [3.63, 3.8) is 0 Å². The zero-order valence-corrected chi connectivity index (χ0v) is 11.9. The molecule has 22 heavy (non-hydrogen) atoms. The van der Waals surface area contributed by atoms with Gasteiger partial charge >= 0.3 is 5.63 Å². The van der Waals surface area contributed by atoms with Crippen LogP contribution in [0.3, 0.4) is 0 Å². The molecule has 2 aromatic carbocycles. The van der Waals surface area contributed by atoms with Crippen LogP contribution in [-0.4, -0.2) is 4.57 Å². The number of aryl methyl sites for hydroxylation is 2. The molecule has 0 radical (unpaired) electrons. The third kappa shape index (κ3) is 1.43. The molecule has 0 amide bonds. The van der Waals surface area contributed by atoms with E-state index in [2.05, 4.69) is 28.8 Å². The number of fused-ring (bicyclic) bond motifs is 7. The minimum Gasteiger partial charge on any atom is -0.421 e. The van der Waals surface area contributed by atoms with Gasteiger partial charge in [0.05, 0.1) is 0 Å². The highest BCUT2D eigenvalue weighted by atomic mass is 16.4. The number of hydrogen-bond acceptors (Lipinski definition) is 2. The number of benzene rings is 2. The van der Waals surface area contributed by atoms with Crippen LogP contribution in [0.2, 0.25) is 0 Å². The summed E-state index contributed by atoms with van der Waals surface area (Å²) in [5.41, 5.74) is 4.75. The van der Waals surface area contributed by atoms with Crippen LogP contribution in [0, 0.1) is 0 Å². The quantitative estimate of drug-likeness (QED) is 0.459. The van der Waals surface area contributed by atoms with Gasteiger partial charge in [-0.3, -0.25) is 0 Å². The molecular weight excluding hydrogens is 274 g/mol. The normalized spacial score (nSPS) is 13.3. The molecule has 4 aromatic rings. The molecule has 0 aliphatic carbocycles. The van der Waals surface area contributed by atoms with E-state index in [-0.39, 0.29) is 5.63 Å². The minimum absolute atomic E-state index is 0.251. The van der Waals surface area contributed by atoms with Gasteiger partial charge in [-0.2, -0.15) is 0 Å². The van der Waals surface area contributed by atoms with Crippen molar-refractivity contribution in [2.45, 2.75) is 13.0 Å². The highest BCUT2D eigenvalue weighted by molar-refractivity contribution is 6.05. The fourth-order valence-corrected chi connectivity index (χ4v) is 3.58. The molecule has 5 rings (SSSR count). The topological polar surface area (TPSA) is 35.1 Å². The van der Waals surface area contributed by atoms with Gasteiger partial charge in [0.1, 0.15) is 11.1 Å². The smallest absolute Gasteiger partial charge is 0.361 e. The van der Waals surface area contributed by atoms with E-state index in [9.17, 15) is 4.79 Å². The first kappa shape index (κ1) is 11.8.